The van der Waals surface area contributed by atoms with Gasteiger partial charge in [0, 0.05) is 25.7 Å². The fourth-order valence-corrected chi connectivity index (χ4v) is 4.03. The van der Waals surface area contributed by atoms with Gasteiger partial charge in [-0.1, -0.05) is 31.9 Å². The van der Waals surface area contributed by atoms with Gasteiger partial charge in [-0.25, -0.2) is 4.68 Å². The van der Waals surface area contributed by atoms with Crippen LogP contribution in [0.3, 0.4) is 0 Å². The van der Waals surface area contributed by atoms with E-state index < -0.39 is 17.7 Å². The number of rotatable bonds is 5. The highest BCUT2D eigenvalue weighted by atomic mass is 79.9. The van der Waals surface area contributed by atoms with Crippen LogP contribution in [0.4, 0.5) is 11.4 Å². The van der Waals surface area contributed by atoms with Gasteiger partial charge in [0.15, 0.2) is 0 Å². The summed E-state index contributed by atoms with van der Waals surface area (Å²) in [4.78, 5) is 38.5. The predicted octanol–water partition coefficient (Wildman–Crippen LogP) is 5.44. The van der Waals surface area contributed by atoms with Crippen molar-refractivity contribution < 1.29 is 19.1 Å². The third-order valence-corrected chi connectivity index (χ3v) is 6.56. The van der Waals surface area contributed by atoms with E-state index in [1.807, 2.05) is 13.0 Å². The van der Waals surface area contributed by atoms with E-state index in [1.165, 1.54) is 4.68 Å². The van der Waals surface area contributed by atoms with Gasteiger partial charge in [0.1, 0.15) is 11.4 Å². The molecule has 0 aliphatic carbocycles. The maximum Gasteiger partial charge on any atom is 0.328 e. The number of carbonyl (C=O) groups excluding carboxylic acids is 3. The fraction of sp³-hybridized carbons (Fsp3) is 0.0800. The number of hydrogen-bond acceptors (Lipinski definition) is 4. The van der Waals surface area contributed by atoms with Crippen LogP contribution in [0.1, 0.15) is 16.1 Å². The van der Waals surface area contributed by atoms with Crippen LogP contribution in [0.25, 0.3) is 10.9 Å². The van der Waals surface area contributed by atoms with Crippen molar-refractivity contribution in [1.29, 1.82) is 0 Å². The number of anilines is 2. The molecule has 8 nitrogen and oxygen atoms in total. The molecular weight excluding hydrogens is 580 g/mol. The number of hydrogen-bond donors (Lipinski definition) is 3. The van der Waals surface area contributed by atoms with Crippen LogP contribution >= 0.6 is 31.9 Å². The SMILES string of the molecule is COc1ccc(NC(=O)c2cc3cc(Br)ccc3n2NC(=O)C(=O)Nc2ccc(Br)c(C)c2)cc1. The molecule has 0 aliphatic heterocycles. The van der Waals surface area contributed by atoms with Gasteiger partial charge in [-0.05, 0) is 79.2 Å². The Morgan fingerprint density at radius 1 is 0.829 bits per heavy atom. The topological polar surface area (TPSA) is 101 Å². The summed E-state index contributed by atoms with van der Waals surface area (Å²) < 4.78 is 8.13. The van der Waals surface area contributed by atoms with Crippen LogP contribution < -0.4 is 20.8 Å². The van der Waals surface area contributed by atoms with Crippen molar-refractivity contribution in [2.45, 2.75) is 6.92 Å². The first-order valence-corrected chi connectivity index (χ1v) is 12.0. The molecule has 0 saturated carbocycles. The Labute approximate surface area is 217 Å². The van der Waals surface area contributed by atoms with Crippen molar-refractivity contribution in [2.75, 3.05) is 23.2 Å². The number of ether oxygens (including phenoxy) is 1. The maximum absolute atomic E-state index is 13.1. The third kappa shape index (κ3) is 5.55. The number of fused-ring (bicyclic) bond motifs is 1. The summed E-state index contributed by atoms with van der Waals surface area (Å²) in [6, 6.07) is 19.0. The molecule has 4 aromatic rings. The molecule has 1 heterocycles. The van der Waals surface area contributed by atoms with E-state index in [-0.39, 0.29) is 5.69 Å². The normalized spacial score (nSPS) is 10.6. The molecule has 3 amide bonds. The Morgan fingerprint density at radius 2 is 1.54 bits per heavy atom. The van der Waals surface area contributed by atoms with E-state index >= 15 is 0 Å². The number of aryl methyl sites for hydroxylation is 1. The molecule has 0 atom stereocenters. The van der Waals surface area contributed by atoms with Gasteiger partial charge in [-0.2, -0.15) is 0 Å². The Morgan fingerprint density at radius 3 is 2.23 bits per heavy atom. The van der Waals surface area contributed by atoms with E-state index in [9.17, 15) is 14.4 Å². The van der Waals surface area contributed by atoms with Crippen molar-refractivity contribution in [3.05, 3.63) is 86.9 Å². The maximum atomic E-state index is 13.1. The number of benzene rings is 3. The standard InChI is InChI=1S/C25H20Br2N4O4/c1-14-11-18(6-9-20(14)27)29-24(33)25(34)30-31-21-10-3-16(26)12-15(21)13-22(31)23(32)28-17-4-7-19(35-2)8-5-17/h3-13H,1-2H3,(H,28,32)(H,29,33)(H,30,34). The minimum atomic E-state index is -0.926. The molecule has 0 spiro atoms. The Kier molecular flexibility index (Phi) is 7.23. The molecule has 1 aromatic heterocycles. The third-order valence-electron chi connectivity index (χ3n) is 5.18. The average molecular weight is 600 g/mol. The Bertz CT molecular complexity index is 1450. The zero-order valence-electron chi connectivity index (χ0n) is 18.7. The summed E-state index contributed by atoms with van der Waals surface area (Å²) in [5.74, 6) is -1.61. The van der Waals surface area contributed by atoms with Gasteiger partial charge in [0.2, 0.25) is 0 Å². The molecule has 3 N–H and O–H groups in total. The van der Waals surface area contributed by atoms with E-state index in [4.69, 9.17) is 4.74 Å². The second-order valence-corrected chi connectivity index (χ2v) is 9.38. The zero-order chi connectivity index (χ0) is 25.1. The first-order valence-electron chi connectivity index (χ1n) is 10.4. The van der Waals surface area contributed by atoms with Crippen LogP contribution in [-0.4, -0.2) is 29.5 Å². The minimum Gasteiger partial charge on any atom is -0.497 e. The predicted molar refractivity (Wildman–Crippen MR) is 142 cm³/mol. The molecule has 178 valence electrons. The fourth-order valence-electron chi connectivity index (χ4n) is 3.41. The number of nitrogens with one attached hydrogen (secondary N) is 3. The van der Waals surface area contributed by atoms with Crippen LogP contribution in [0.2, 0.25) is 0 Å². The van der Waals surface area contributed by atoms with Crippen molar-refractivity contribution in [3.63, 3.8) is 0 Å². The first-order chi connectivity index (χ1) is 16.7. The second-order valence-electron chi connectivity index (χ2n) is 7.61. The largest absolute Gasteiger partial charge is 0.497 e. The lowest BCUT2D eigenvalue weighted by Crippen LogP contribution is -2.36. The van der Waals surface area contributed by atoms with Gasteiger partial charge < -0.3 is 15.4 Å². The molecule has 0 radical (unpaired) electrons. The zero-order valence-corrected chi connectivity index (χ0v) is 21.9. The number of methoxy groups -OCH3 is 1. The highest BCUT2D eigenvalue weighted by Gasteiger charge is 2.21. The summed E-state index contributed by atoms with van der Waals surface area (Å²) in [6.07, 6.45) is 0. The molecule has 4 rings (SSSR count). The number of aromatic nitrogens is 1. The summed E-state index contributed by atoms with van der Waals surface area (Å²) in [6.45, 7) is 1.87. The van der Waals surface area contributed by atoms with E-state index in [2.05, 4.69) is 47.9 Å². The van der Waals surface area contributed by atoms with Crippen molar-refractivity contribution >= 4 is 71.9 Å². The highest BCUT2D eigenvalue weighted by molar-refractivity contribution is 9.10. The Balaban J connectivity index is 1.60. The Hall–Kier alpha value is -3.63. The van der Waals surface area contributed by atoms with E-state index in [0.717, 1.165) is 14.5 Å². The van der Waals surface area contributed by atoms with Crippen molar-refractivity contribution in [3.8, 4) is 5.75 Å². The second kappa shape index (κ2) is 10.3. The molecule has 0 unspecified atom stereocenters. The number of carbonyl (C=O) groups is 3. The summed E-state index contributed by atoms with van der Waals surface area (Å²) in [7, 11) is 1.56. The van der Waals surface area contributed by atoms with Gasteiger partial charge in [0.25, 0.3) is 5.91 Å². The van der Waals surface area contributed by atoms with Gasteiger partial charge in [0.05, 0.1) is 12.6 Å². The van der Waals surface area contributed by atoms with Gasteiger partial charge >= 0.3 is 11.8 Å². The molecule has 0 bridgehead atoms. The molecular formula is C25H20Br2N4O4. The highest BCUT2D eigenvalue weighted by Crippen LogP contribution is 2.25. The lowest BCUT2D eigenvalue weighted by molar-refractivity contribution is -0.133. The molecule has 0 aliphatic rings. The van der Waals surface area contributed by atoms with Crippen LogP contribution in [-0.2, 0) is 9.59 Å². The quantitative estimate of drug-likeness (QED) is 0.266. The number of amides is 3. The van der Waals surface area contributed by atoms with Crippen LogP contribution in [0.15, 0.2) is 75.7 Å². The molecule has 0 saturated heterocycles. The molecule has 10 heteroatoms. The summed E-state index contributed by atoms with van der Waals surface area (Å²) in [5.41, 5.74) is 5.17. The van der Waals surface area contributed by atoms with Gasteiger partial charge in [-0.15, -0.1) is 0 Å². The monoisotopic (exact) mass is 598 g/mol. The minimum absolute atomic E-state index is 0.148. The lowest BCUT2D eigenvalue weighted by Gasteiger charge is -2.13. The number of nitrogens with zero attached hydrogens (tertiary/aromatic N) is 1. The number of halogens is 2. The van der Waals surface area contributed by atoms with Crippen LogP contribution in [0.5, 0.6) is 5.75 Å². The van der Waals surface area contributed by atoms with E-state index in [0.29, 0.717) is 28.0 Å². The summed E-state index contributed by atoms with van der Waals surface area (Å²) in [5, 5.41) is 6.07. The van der Waals surface area contributed by atoms with Gasteiger partial charge in [-0.3, -0.25) is 19.8 Å². The molecule has 0 fully saturated rings. The smallest absolute Gasteiger partial charge is 0.328 e. The summed E-state index contributed by atoms with van der Waals surface area (Å²) >= 11 is 6.82. The molecule has 35 heavy (non-hydrogen) atoms. The van der Waals surface area contributed by atoms with Crippen molar-refractivity contribution in [2.24, 2.45) is 0 Å². The lowest BCUT2D eigenvalue weighted by atomic mass is 10.2. The molecule has 3 aromatic carbocycles. The average Bonchev–Trinajstić information content (AvgIpc) is 3.19. The van der Waals surface area contributed by atoms with E-state index in [1.54, 1.807) is 67.8 Å². The van der Waals surface area contributed by atoms with Crippen LogP contribution in [0, 0.1) is 6.92 Å². The van der Waals surface area contributed by atoms with Crippen molar-refractivity contribution in [1.82, 2.24) is 4.68 Å². The first kappa shape index (κ1) is 24.5.